The fraction of sp³-hybridized carbons (Fsp3) is 0.294. The second kappa shape index (κ2) is 3.69. The van der Waals surface area contributed by atoms with Gasteiger partial charge in [0.15, 0.2) is 0 Å². The minimum atomic E-state index is 0.0887. The highest BCUT2D eigenvalue weighted by Crippen LogP contribution is 2.50. The lowest BCUT2D eigenvalue weighted by Crippen LogP contribution is -2.45. The van der Waals surface area contributed by atoms with Crippen molar-refractivity contribution in [2.24, 2.45) is 0 Å². The zero-order chi connectivity index (χ0) is 12.0. The molecule has 18 heavy (non-hydrogen) atoms. The van der Waals surface area contributed by atoms with Gasteiger partial charge in [-0.2, -0.15) is 0 Å². The van der Waals surface area contributed by atoms with Crippen LogP contribution >= 0.6 is 0 Å². The third kappa shape index (κ3) is 1.20. The minimum Gasteiger partial charge on any atom is -0.304 e. The van der Waals surface area contributed by atoms with E-state index >= 15 is 0 Å². The van der Waals surface area contributed by atoms with Crippen LogP contribution in [-0.4, -0.2) is 6.54 Å². The molecule has 2 aliphatic rings. The van der Waals surface area contributed by atoms with Crippen LogP contribution in [0.1, 0.15) is 30.4 Å². The Bertz CT molecular complexity index is 547. The summed E-state index contributed by atoms with van der Waals surface area (Å²) in [4.78, 5) is 0. The molecule has 0 bridgehead atoms. The molecular formula is C17H17N. The van der Waals surface area contributed by atoms with E-state index in [1.54, 1.807) is 0 Å². The monoisotopic (exact) mass is 235 g/mol. The molecule has 2 aromatic carbocycles. The zero-order valence-corrected chi connectivity index (χ0v) is 10.4. The summed E-state index contributed by atoms with van der Waals surface area (Å²) in [5.41, 5.74) is 5.88. The molecule has 0 radical (unpaired) electrons. The van der Waals surface area contributed by atoms with E-state index in [4.69, 9.17) is 0 Å². The van der Waals surface area contributed by atoms with Gasteiger partial charge in [0.1, 0.15) is 0 Å². The van der Waals surface area contributed by atoms with Gasteiger partial charge in [-0.25, -0.2) is 0 Å². The van der Waals surface area contributed by atoms with Gasteiger partial charge in [0.05, 0.1) is 5.54 Å². The SMILES string of the molecule is c1ccc2c(c1)-c1ccccc1C21CCCCN1. The molecule has 1 spiro atoms. The van der Waals surface area contributed by atoms with Gasteiger partial charge in [-0.3, -0.25) is 0 Å². The number of nitrogens with one attached hydrogen (secondary N) is 1. The summed E-state index contributed by atoms with van der Waals surface area (Å²) < 4.78 is 0. The van der Waals surface area contributed by atoms with Gasteiger partial charge >= 0.3 is 0 Å². The summed E-state index contributed by atoms with van der Waals surface area (Å²) in [7, 11) is 0. The van der Waals surface area contributed by atoms with Gasteiger partial charge in [-0.15, -0.1) is 0 Å². The average Bonchev–Trinajstić information content (AvgIpc) is 2.72. The van der Waals surface area contributed by atoms with Crippen LogP contribution in [0.25, 0.3) is 11.1 Å². The van der Waals surface area contributed by atoms with Crippen LogP contribution in [0.15, 0.2) is 48.5 Å². The molecule has 4 rings (SSSR count). The van der Waals surface area contributed by atoms with E-state index in [-0.39, 0.29) is 5.54 Å². The van der Waals surface area contributed by atoms with Crippen molar-refractivity contribution in [1.82, 2.24) is 5.32 Å². The van der Waals surface area contributed by atoms with Gasteiger partial charge in [-0.1, -0.05) is 48.5 Å². The van der Waals surface area contributed by atoms with Crippen molar-refractivity contribution in [2.45, 2.75) is 24.8 Å². The van der Waals surface area contributed by atoms with E-state index in [9.17, 15) is 0 Å². The maximum absolute atomic E-state index is 3.81. The molecule has 0 atom stereocenters. The molecule has 1 N–H and O–H groups in total. The number of benzene rings is 2. The minimum absolute atomic E-state index is 0.0887. The van der Waals surface area contributed by atoms with Gasteiger partial charge in [-0.05, 0) is 48.1 Å². The first-order valence-electron chi connectivity index (χ1n) is 6.86. The third-order valence-electron chi connectivity index (χ3n) is 4.47. The normalized spacial score (nSPS) is 19.6. The van der Waals surface area contributed by atoms with Crippen molar-refractivity contribution < 1.29 is 0 Å². The lowest BCUT2D eigenvalue weighted by molar-refractivity contribution is 0.317. The van der Waals surface area contributed by atoms with Crippen LogP contribution < -0.4 is 5.32 Å². The van der Waals surface area contributed by atoms with E-state index in [1.807, 2.05) is 0 Å². The van der Waals surface area contributed by atoms with Crippen molar-refractivity contribution in [3.63, 3.8) is 0 Å². The average molecular weight is 235 g/mol. The highest BCUT2D eigenvalue weighted by Gasteiger charge is 2.43. The molecule has 0 unspecified atom stereocenters. The molecule has 0 saturated carbocycles. The van der Waals surface area contributed by atoms with Crippen LogP contribution in [0.5, 0.6) is 0 Å². The Morgan fingerprint density at radius 2 is 1.39 bits per heavy atom. The van der Waals surface area contributed by atoms with E-state index in [2.05, 4.69) is 53.8 Å². The Morgan fingerprint density at radius 1 is 0.778 bits per heavy atom. The predicted molar refractivity (Wildman–Crippen MR) is 74.5 cm³/mol. The summed E-state index contributed by atoms with van der Waals surface area (Å²) in [5, 5.41) is 3.81. The number of rotatable bonds is 0. The molecule has 1 heteroatoms. The molecule has 0 aromatic heterocycles. The Morgan fingerprint density at radius 3 is 1.94 bits per heavy atom. The second-order valence-corrected chi connectivity index (χ2v) is 5.38. The smallest absolute Gasteiger partial charge is 0.0702 e. The quantitative estimate of drug-likeness (QED) is 0.734. The fourth-order valence-electron chi connectivity index (χ4n) is 3.69. The molecule has 1 aliphatic heterocycles. The maximum atomic E-state index is 3.81. The highest BCUT2D eigenvalue weighted by molar-refractivity contribution is 5.80. The van der Waals surface area contributed by atoms with E-state index in [1.165, 1.54) is 41.5 Å². The van der Waals surface area contributed by atoms with E-state index in [0.29, 0.717) is 0 Å². The van der Waals surface area contributed by atoms with Crippen molar-refractivity contribution in [3.8, 4) is 11.1 Å². The van der Waals surface area contributed by atoms with Crippen molar-refractivity contribution in [1.29, 1.82) is 0 Å². The second-order valence-electron chi connectivity index (χ2n) is 5.38. The summed E-state index contributed by atoms with van der Waals surface area (Å²) in [5.74, 6) is 0. The number of hydrogen-bond donors (Lipinski definition) is 1. The van der Waals surface area contributed by atoms with Crippen LogP contribution in [0.3, 0.4) is 0 Å². The van der Waals surface area contributed by atoms with Crippen molar-refractivity contribution in [2.75, 3.05) is 6.54 Å². The summed E-state index contributed by atoms with van der Waals surface area (Å²) >= 11 is 0. The first-order valence-corrected chi connectivity index (χ1v) is 6.86. The Labute approximate surface area is 108 Å². The molecule has 90 valence electrons. The van der Waals surface area contributed by atoms with Gasteiger partial charge < -0.3 is 5.32 Å². The number of fused-ring (bicyclic) bond motifs is 5. The predicted octanol–water partition coefficient (Wildman–Crippen LogP) is 3.68. The maximum Gasteiger partial charge on any atom is 0.0702 e. The molecule has 1 fully saturated rings. The lowest BCUT2D eigenvalue weighted by Gasteiger charge is -2.37. The highest BCUT2D eigenvalue weighted by atomic mass is 15.0. The van der Waals surface area contributed by atoms with Crippen LogP contribution in [-0.2, 0) is 5.54 Å². The van der Waals surface area contributed by atoms with Crippen LogP contribution in [0.2, 0.25) is 0 Å². The van der Waals surface area contributed by atoms with E-state index < -0.39 is 0 Å². The first kappa shape index (κ1) is 10.3. The lowest BCUT2D eigenvalue weighted by atomic mass is 9.80. The Kier molecular flexibility index (Phi) is 2.12. The molecule has 1 heterocycles. The molecule has 1 aliphatic carbocycles. The summed E-state index contributed by atoms with van der Waals surface area (Å²) in [6, 6.07) is 17.8. The molecular weight excluding hydrogens is 218 g/mol. The standard InChI is InChI=1S/C17H17N/c1-3-9-15-13(7-1)14-8-2-4-10-16(14)17(15)11-5-6-12-18-17/h1-4,7-10,18H,5-6,11-12H2. The topological polar surface area (TPSA) is 12.0 Å². The van der Waals surface area contributed by atoms with Gasteiger partial charge in [0, 0.05) is 0 Å². The van der Waals surface area contributed by atoms with Gasteiger partial charge in [0.2, 0.25) is 0 Å². The fourth-order valence-corrected chi connectivity index (χ4v) is 3.69. The number of hydrogen-bond acceptors (Lipinski definition) is 1. The Balaban J connectivity index is 2.03. The Hall–Kier alpha value is -1.60. The summed E-state index contributed by atoms with van der Waals surface area (Å²) in [6.07, 6.45) is 3.84. The zero-order valence-electron chi connectivity index (χ0n) is 10.4. The largest absolute Gasteiger partial charge is 0.304 e. The molecule has 1 nitrogen and oxygen atoms in total. The van der Waals surface area contributed by atoms with E-state index in [0.717, 1.165) is 6.54 Å². The third-order valence-corrected chi connectivity index (χ3v) is 4.47. The molecule has 0 amide bonds. The first-order chi connectivity index (χ1) is 8.92. The molecule has 1 saturated heterocycles. The van der Waals surface area contributed by atoms with Gasteiger partial charge in [0.25, 0.3) is 0 Å². The summed E-state index contributed by atoms with van der Waals surface area (Å²) in [6.45, 7) is 1.13. The van der Waals surface area contributed by atoms with Crippen LogP contribution in [0.4, 0.5) is 0 Å². The van der Waals surface area contributed by atoms with Crippen molar-refractivity contribution >= 4 is 0 Å². The van der Waals surface area contributed by atoms with Crippen LogP contribution in [0, 0.1) is 0 Å². The number of piperidine rings is 1. The molecule has 2 aromatic rings. The van der Waals surface area contributed by atoms with Crippen molar-refractivity contribution in [3.05, 3.63) is 59.7 Å².